The third-order valence-corrected chi connectivity index (χ3v) is 5.21. The van der Waals surface area contributed by atoms with Crippen molar-refractivity contribution in [2.45, 2.75) is 29.7 Å². The van der Waals surface area contributed by atoms with Crippen LogP contribution in [-0.2, 0) is 4.79 Å². The highest BCUT2D eigenvalue weighted by atomic mass is 32.2. The summed E-state index contributed by atoms with van der Waals surface area (Å²) in [5, 5.41) is 26.9. The molecule has 154 valence electrons. The van der Waals surface area contributed by atoms with E-state index in [1.807, 2.05) is 31.2 Å². The predicted octanol–water partition coefficient (Wildman–Crippen LogP) is 4.15. The van der Waals surface area contributed by atoms with Crippen LogP contribution in [0.25, 0.3) is 0 Å². The Kier molecular flexibility index (Phi) is 6.17. The van der Waals surface area contributed by atoms with Crippen LogP contribution in [-0.4, -0.2) is 31.7 Å². The summed E-state index contributed by atoms with van der Waals surface area (Å²) in [4.78, 5) is 35.9. The summed E-state index contributed by atoms with van der Waals surface area (Å²) < 4.78 is 1.16. The Morgan fingerprint density at radius 2 is 1.90 bits per heavy atom. The van der Waals surface area contributed by atoms with Gasteiger partial charge in [0.1, 0.15) is 6.04 Å². The molecule has 1 unspecified atom stereocenters. The molecule has 2 aromatic carbocycles. The maximum atomic E-state index is 12.5. The summed E-state index contributed by atoms with van der Waals surface area (Å²) in [5.74, 6) is -1.63. The van der Waals surface area contributed by atoms with Gasteiger partial charge in [-0.1, -0.05) is 29.5 Å². The zero-order valence-corrected chi connectivity index (χ0v) is 16.9. The highest BCUT2D eigenvalue weighted by Crippen LogP contribution is 2.33. The molecule has 0 bridgehead atoms. The molecule has 0 saturated heterocycles. The molecule has 3 aromatic rings. The van der Waals surface area contributed by atoms with Gasteiger partial charge in [-0.25, -0.2) is 4.79 Å². The standard InChI is InChI=1S/C20H18N4O5S/c1-12-3-5-17(6-4-12)30-18-8-15(7-16(9-18)24(28)29)22-19(25)14-10-21-23(11-14)13(2)20(26)27/h3-11,13H,1-2H3,(H,22,25)(H,26,27). The summed E-state index contributed by atoms with van der Waals surface area (Å²) in [5.41, 5.74) is 1.34. The SMILES string of the molecule is Cc1ccc(Sc2cc(NC(=O)c3cnn(C(C)C(=O)O)c3)cc([N+](=O)[O-])c2)cc1. The number of anilines is 1. The number of hydrogen-bond donors (Lipinski definition) is 2. The summed E-state index contributed by atoms with van der Waals surface area (Å²) >= 11 is 1.34. The van der Waals surface area contributed by atoms with Crippen molar-refractivity contribution in [3.8, 4) is 0 Å². The second-order valence-corrected chi connectivity index (χ2v) is 7.71. The minimum absolute atomic E-state index is 0.141. The van der Waals surface area contributed by atoms with Crippen molar-refractivity contribution in [1.29, 1.82) is 0 Å². The number of aryl methyl sites for hydroxylation is 1. The van der Waals surface area contributed by atoms with Crippen LogP contribution in [0.15, 0.2) is 64.6 Å². The second-order valence-electron chi connectivity index (χ2n) is 6.57. The van der Waals surface area contributed by atoms with Crippen LogP contribution in [0, 0.1) is 17.0 Å². The number of hydrogen-bond acceptors (Lipinski definition) is 6. The molecule has 0 aliphatic carbocycles. The number of rotatable bonds is 7. The Labute approximate surface area is 175 Å². The molecule has 1 aromatic heterocycles. The Balaban J connectivity index is 1.83. The highest BCUT2D eigenvalue weighted by Gasteiger charge is 2.18. The van der Waals surface area contributed by atoms with Crippen molar-refractivity contribution < 1.29 is 19.6 Å². The van der Waals surface area contributed by atoms with E-state index in [-0.39, 0.29) is 16.9 Å². The number of nitrogens with one attached hydrogen (secondary N) is 1. The van der Waals surface area contributed by atoms with E-state index in [2.05, 4.69) is 10.4 Å². The molecule has 30 heavy (non-hydrogen) atoms. The van der Waals surface area contributed by atoms with Gasteiger partial charge in [0.15, 0.2) is 0 Å². The molecule has 1 atom stereocenters. The normalized spacial score (nSPS) is 11.7. The van der Waals surface area contributed by atoms with Crippen molar-refractivity contribution >= 4 is 35.0 Å². The first-order chi connectivity index (χ1) is 14.2. The van der Waals surface area contributed by atoms with Gasteiger partial charge in [-0.2, -0.15) is 5.10 Å². The molecular weight excluding hydrogens is 408 g/mol. The fourth-order valence-corrected chi connectivity index (χ4v) is 3.46. The number of nitro benzene ring substituents is 1. The van der Waals surface area contributed by atoms with Crippen LogP contribution >= 0.6 is 11.8 Å². The monoisotopic (exact) mass is 426 g/mol. The molecule has 0 spiro atoms. The van der Waals surface area contributed by atoms with Gasteiger partial charge in [-0.05, 0) is 32.0 Å². The van der Waals surface area contributed by atoms with Gasteiger partial charge in [0.2, 0.25) is 0 Å². The number of benzene rings is 2. The van der Waals surface area contributed by atoms with Gasteiger partial charge in [0.25, 0.3) is 11.6 Å². The van der Waals surface area contributed by atoms with E-state index in [1.54, 1.807) is 6.07 Å². The average molecular weight is 426 g/mol. The quantitative estimate of drug-likeness (QED) is 0.429. The van der Waals surface area contributed by atoms with Crippen molar-refractivity contribution in [2.75, 3.05) is 5.32 Å². The fraction of sp³-hybridized carbons (Fsp3) is 0.150. The Bertz CT molecular complexity index is 1110. The maximum Gasteiger partial charge on any atom is 0.328 e. The zero-order chi connectivity index (χ0) is 21.8. The van der Waals surface area contributed by atoms with E-state index in [1.165, 1.54) is 43.2 Å². The molecule has 0 aliphatic heterocycles. The summed E-state index contributed by atoms with van der Waals surface area (Å²) in [6, 6.07) is 11.1. The molecule has 1 amide bonds. The van der Waals surface area contributed by atoms with Crippen molar-refractivity contribution in [2.24, 2.45) is 0 Å². The van der Waals surface area contributed by atoms with Crippen LogP contribution in [0.1, 0.15) is 28.9 Å². The van der Waals surface area contributed by atoms with E-state index in [9.17, 15) is 19.7 Å². The smallest absolute Gasteiger partial charge is 0.328 e. The minimum atomic E-state index is -1.08. The Morgan fingerprint density at radius 1 is 1.20 bits per heavy atom. The van der Waals surface area contributed by atoms with Gasteiger partial charge in [0.05, 0.1) is 16.7 Å². The van der Waals surface area contributed by atoms with Crippen LogP contribution in [0.3, 0.4) is 0 Å². The number of carboxylic acids is 1. The number of carboxylic acid groups (broad SMARTS) is 1. The fourth-order valence-electron chi connectivity index (χ4n) is 2.55. The molecule has 1 heterocycles. The topological polar surface area (TPSA) is 127 Å². The number of aromatic nitrogens is 2. The summed E-state index contributed by atoms with van der Waals surface area (Å²) in [6.07, 6.45) is 2.56. The second kappa shape index (κ2) is 8.78. The lowest BCUT2D eigenvalue weighted by atomic mass is 10.2. The number of aliphatic carboxylic acids is 1. The van der Waals surface area contributed by atoms with Crippen LogP contribution < -0.4 is 5.32 Å². The third-order valence-electron chi connectivity index (χ3n) is 4.23. The van der Waals surface area contributed by atoms with Gasteiger partial charge in [-0.15, -0.1) is 0 Å². The van der Waals surface area contributed by atoms with E-state index in [0.717, 1.165) is 15.1 Å². The summed E-state index contributed by atoms with van der Waals surface area (Å²) in [7, 11) is 0. The minimum Gasteiger partial charge on any atom is -0.480 e. The van der Waals surface area contributed by atoms with E-state index in [4.69, 9.17) is 5.11 Å². The van der Waals surface area contributed by atoms with E-state index in [0.29, 0.717) is 4.90 Å². The number of carbonyl (C=O) groups is 2. The lowest BCUT2D eigenvalue weighted by Gasteiger charge is -2.08. The average Bonchev–Trinajstić information content (AvgIpc) is 3.19. The van der Waals surface area contributed by atoms with Gasteiger partial charge >= 0.3 is 5.97 Å². The first-order valence-corrected chi connectivity index (χ1v) is 9.67. The molecule has 0 radical (unpaired) electrons. The van der Waals surface area contributed by atoms with Crippen LogP contribution in [0.4, 0.5) is 11.4 Å². The lowest BCUT2D eigenvalue weighted by Crippen LogP contribution is -2.16. The van der Waals surface area contributed by atoms with E-state index < -0.39 is 22.8 Å². The molecule has 0 saturated carbocycles. The van der Waals surface area contributed by atoms with Gasteiger partial charge in [0, 0.05) is 33.8 Å². The van der Waals surface area contributed by atoms with Crippen LogP contribution in [0.5, 0.6) is 0 Å². The van der Waals surface area contributed by atoms with Crippen molar-refractivity contribution in [1.82, 2.24) is 9.78 Å². The molecule has 0 aliphatic rings. The maximum absolute atomic E-state index is 12.5. The first-order valence-electron chi connectivity index (χ1n) is 8.85. The molecule has 10 heteroatoms. The number of nitrogens with zero attached hydrogens (tertiary/aromatic N) is 3. The molecule has 0 fully saturated rings. The highest BCUT2D eigenvalue weighted by molar-refractivity contribution is 7.99. The number of nitro groups is 1. The van der Waals surface area contributed by atoms with Crippen molar-refractivity contribution in [3.63, 3.8) is 0 Å². The molecule has 9 nitrogen and oxygen atoms in total. The number of non-ortho nitro benzene ring substituents is 1. The first kappa shape index (κ1) is 21.1. The Hall–Kier alpha value is -3.66. The largest absolute Gasteiger partial charge is 0.480 e. The zero-order valence-electron chi connectivity index (χ0n) is 16.1. The van der Waals surface area contributed by atoms with Crippen LogP contribution in [0.2, 0.25) is 0 Å². The molecule has 3 rings (SSSR count). The van der Waals surface area contributed by atoms with Crippen molar-refractivity contribution in [3.05, 3.63) is 76.1 Å². The third kappa shape index (κ3) is 5.03. The molecular formula is C20H18N4O5S. The predicted molar refractivity (Wildman–Crippen MR) is 111 cm³/mol. The lowest BCUT2D eigenvalue weighted by molar-refractivity contribution is -0.385. The molecule has 2 N–H and O–H groups in total. The number of amides is 1. The van der Waals surface area contributed by atoms with Gasteiger partial charge < -0.3 is 10.4 Å². The Morgan fingerprint density at radius 3 is 2.53 bits per heavy atom. The summed E-state index contributed by atoms with van der Waals surface area (Å²) in [6.45, 7) is 3.40. The van der Waals surface area contributed by atoms with Gasteiger partial charge in [-0.3, -0.25) is 19.6 Å². The van der Waals surface area contributed by atoms with E-state index >= 15 is 0 Å². The number of carbonyl (C=O) groups excluding carboxylic acids is 1.